The molecule has 2 nitrogen and oxygen atoms in total. The summed E-state index contributed by atoms with van der Waals surface area (Å²) in [6.45, 7) is 8.39. The monoisotopic (exact) mass is 275 g/mol. The molecule has 1 N–H and O–H groups in total. The van der Waals surface area contributed by atoms with E-state index in [0.717, 1.165) is 32.2 Å². The average Bonchev–Trinajstić information content (AvgIpc) is 2.89. The van der Waals surface area contributed by atoms with Crippen LogP contribution in [0.4, 0.5) is 0 Å². The maximum atomic E-state index is 6.02. The highest BCUT2D eigenvalue weighted by Gasteiger charge is 2.33. The first-order valence-electron chi connectivity index (χ1n) is 8.03. The second-order valence-corrected chi connectivity index (χ2v) is 6.71. The smallest absolute Gasteiger partial charge is 0.0717 e. The van der Waals surface area contributed by atoms with Crippen molar-refractivity contribution in [1.82, 2.24) is 5.32 Å². The van der Waals surface area contributed by atoms with Gasteiger partial charge in [-0.1, -0.05) is 57.0 Å². The molecule has 20 heavy (non-hydrogen) atoms. The van der Waals surface area contributed by atoms with Gasteiger partial charge in [-0.3, -0.25) is 0 Å². The average molecular weight is 275 g/mol. The predicted octanol–water partition coefficient (Wildman–Crippen LogP) is 4.01. The molecule has 0 saturated heterocycles. The standard InChI is InChI=1S/C18H29NO/c1-16(2)12-19-14-18(10-6-7-11-18)15-20-13-17-8-4-3-5-9-17/h3-5,8-9,16,19H,6-7,10-15H2,1-2H3. The SMILES string of the molecule is CC(C)CNCC1(COCc2ccccc2)CCCC1. The van der Waals surface area contributed by atoms with E-state index in [-0.39, 0.29) is 0 Å². The lowest BCUT2D eigenvalue weighted by atomic mass is 9.87. The topological polar surface area (TPSA) is 21.3 Å². The molecule has 0 radical (unpaired) electrons. The summed E-state index contributed by atoms with van der Waals surface area (Å²) in [5, 5.41) is 3.64. The Labute approximate surface area is 123 Å². The van der Waals surface area contributed by atoms with Crippen molar-refractivity contribution in [2.24, 2.45) is 11.3 Å². The third-order valence-corrected chi connectivity index (χ3v) is 4.24. The molecule has 1 aliphatic rings. The van der Waals surface area contributed by atoms with Crippen molar-refractivity contribution in [1.29, 1.82) is 0 Å². The first kappa shape index (κ1) is 15.5. The molecule has 1 aliphatic carbocycles. The molecule has 2 heteroatoms. The van der Waals surface area contributed by atoms with Gasteiger partial charge in [0.25, 0.3) is 0 Å². The Kier molecular flexibility index (Phi) is 6.06. The Hall–Kier alpha value is -0.860. The number of ether oxygens (including phenoxy) is 1. The first-order valence-corrected chi connectivity index (χ1v) is 8.03. The molecule has 0 spiro atoms. The van der Waals surface area contributed by atoms with Gasteiger partial charge in [0.05, 0.1) is 13.2 Å². The fourth-order valence-corrected chi connectivity index (χ4v) is 3.08. The minimum absolute atomic E-state index is 0.379. The number of hydrogen-bond donors (Lipinski definition) is 1. The van der Waals surface area contributed by atoms with Gasteiger partial charge in [0.2, 0.25) is 0 Å². The maximum Gasteiger partial charge on any atom is 0.0717 e. The molecule has 1 aromatic rings. The van der Waals surface area contributed by atoms with Crippen LogP contribution in [-0.2, 0) is 11.3 Å². The van der Waals surface area contributed by atoms with Gasteiger partial charge in [0.1, 0.15) is 0 Å². The van der Waals surface area contributed by atoms with E-state index in [1.54, 1.807) is 0 Å². The van der Waals surface area contributed by atoms with Crippen molar-refractivity contribution in [2.75, 3.05) is 19.7 Å². The molecule has 0 amide bonds. The van der Waals surface area contributed by atoms with Gasteiger partial charge in [-0.25, -0.2) is 0 Å². The number of benzene rings is 1. The summed E-state index contributed by atoms with van der Waals surface area (Å²) in [5.41, 5.74) is 1.65. The van der Waals surface area contributed by atoms with E-state index >= 15 is 0 Å². The van der Waals surface area contributed by atoms with Crippen molar-refractivity contribution >= 4 is 0 Å². The van der Waals surface area contributed by atoms with Gasteiger partial charge >= 0.3 is 0 Å². The minimum atomic E-state index is 0.379. The molecule has 1 aromatic carbocycles. The van der Waals surface area contributed by atoms with Crippen LogP contribution in [-0.4, -0.2) is 19.7 Å². The molecule has 0 aliphatic heterocycles. The Morgan fingerprint density at radius 3 is 2.50 bits per heavy atom. The molecule has 1 fully saturated rings. The van der Waals surface area contributed by atoms with E-state index in [9.17, 15) is 0 Å². The quantitative estimate of drug-likeness (QED) is 0.774. The van der Waals surface area contributed by atoms with Crippen molar-refractivity contribution in [3.63, 3.8) is 0 Å². The molecule has 1 saturated carbocycles. The van der Waals surface area contributed by atoms with Crippen LogP contribution in [0.25, 0.3) is 0 Å². The molecule has 0 unspecified atom stereocenters. The van der Waals surface area contributed by atoms with Crippen LogP contribution in [0, 0.1) is 11.3 Å². The zero-order valence-corrected chi connectivity index (χ0v) is 13.0. The van der Waals surface area contributed by atoms with E-state index in [1.165, 1.54) is 31.2 Å². The first-order chi connectivity index (χ1) is 9.70. The molecule has 0 heterocycles. The normalized spacial score (nSPS) is 17.8. The fourth-order valence-electron chi connectivity index (χ4n) is 3.08. The molecule has 0 atom stereocenters. The minimum Gasteiger partial charge on any atom is -0.376 e. The molecular weight excluding hydrogens is 246 g/mol. The Morgan fingerprint density at radius 1 is 1.15 bits per heavy atom. The van der Waals surface area contributed by atoms with E-state index in [4.69, 9.17) is 4.74 Å². The van der Waals surface area contributed by atoms with Crippen molar-refractivity contribution in [3.8, 4) is 0 Å². The van der Waals surface area contributed by atoms with E-state index in [2.05, 4.69) is 49.5 Å². The third-order valence-electron chi connectivity index (χ3n) is 4.24. The summed E-state index contributed by atoms with van der Waals surface area (Å²) in [6, 6.07) is 10.5. The lowest BCUT2D eigenvalue weighted by molar-refractivity contribution is 0.0357. The van der Waals surface area contributed by atoms with Crippen LogP contribution in [0.2, 0.25) is 0 Å². The molecule has 0 aromatic heterocycles. The van der Waals surface area contributed by atoms with Gasteiger partial charge in [-0.05, 0) is 30.9 Å². The highest BCUT2D eigenvalue weighted by atomic mass is 16.5. The molecular formula is C18H29NO. The summed E-state index contributed by atoms with van der Waals surface area (Å²) in [6.07, 6.45) is 5.34. The lowest BCUT2D eigenvalue weighted by Gasteiger charge is -2.29. The highest BCUT2D eigenvalue weighted by molar-refractivity contribution is 5.13. The second-order valence-electron chi connectivity index (χ2n) is 6.71. The summed E-state index contributed by atoms with van der Waals surface area (Å²) in [4.78, 5) is 0. The summed E-state index contributed by atoms with van der Waals surface area (Å²) < 4.78 is 6.02. The molecule has 2 rings (SSSR count). The number of rotatable bonds is 8. The van der Waals surface area contributed by atoms with Crippen LogP contribution in [0.15, 0.2) is 30.3 Å². The molecule has 112 valence electrons. The molecule has 0 bridgehead atoms. The zero-order valence-electron chi connectivity index (χ0n) is 13.0. The summed E-state index contributed by atoms with van der Waals surface area (Å²) >= 11 is 0. The Morgan fingerprint density at radius 2 is 1.85 bits per heavy atom. The lowest BCUT2D eigenvalue weighted by Crippen LogP contribution is -2.37. The van der Waals surface area contributed by atoms with Gasteiger partial charge < -0.3 is 10.1 Å². The van der Waals surface area contributed by atoms with Gasteiger partial charge in [0, 0.05) is 12.0 Å². The van der Waals surface area contributed by atoms with Gasteiger partial charge in [-0.2, -0.15) is 0 Å². The van der Waals surface area contributed by atoms with Gasteiger partial charge in [0.15, 0.2) is 0 Å². The Bertz CT molecular complexity index is 368. The number of hydrogen-bond acceptors (Lipinski definition) is 2. The second kappa shape index (κ2) is 7.80. The van der Waals surface area contributed by atoms with Crippen molar-refractivity contribution < 1.29 is 4.74 Å². The Balaban J connectivity index is 1.77. The van der Waals surface area contributed by atoms with Crippen LogP contribution in [0.5, 0.6) is 0 Å². The fraction of sp³-hybridized carbons (Fsp3) is 0.667. The van der Waals surface area contributed by atoms with E-state index < -0.39 is 0 Å². The van der Waals surface area contributed by atoms with E-state index in [0.29, 0.717) is 5.41 Å². The maximum absolute atomic E-state index is 6.02. The van der Waals surface area contributed by atoms with Crippen molar-refractivity contribution in [3.05, 3.63) is 35.9 Å². The van der Waals surface area contributed by atoms with E-state index in [1.807, 2.05) is 0 Å². The zero-order chi connectivity index (χ0) is 14.3. The largest absolute Gasteiger partial charge is 0.376 e. The van der Waals surface area contributed by atoms with Crippen LogP contribution in [0.3, 0.4) is 0 Å². The van der Waals surface area contributed by atoms with Gasteiger partial charge in [-0.15, -0.1) is 0 Å². The van der Waals surface area contributed by atoms with Crippen LogP contribution >= 0.6 is 0 Å². The van der Waals surface area contributed by atoms with Crippen molar-refractivity contribution in [2.45, 2.75) is 46.1 Å². The summed E-state index contributed by atoms with van der Waals surface area (Å²) in [5.74, 6) is 0.721. The predicted molar refractivity (Wildman–Crippen MR) is 84.7 cm³/mol. The van der Waals surface area contributed by atoms with Crippen LogP contribution < -0.4 is 5.32 Å². The number of nitrogens with one attached hydrogen (secondary N) is 1. The van der Waals surface area contributed by atoms with Crippen LogP contribution in [0.1, 0.15) is 45.1 Å². The highest BCUT2D eigenvalue weighted by Crippen LogP contribution is 2.38. The third kappa shape index (κ3) is 4.92. The summed E-state index contributed by atoms with van der Waals surface area (Å²) in [7, 11) is 0.